The lowest BCUT2D eigenvalue weighted by Crippen LogP contribution is -2.49. The van der Waals surface area contributed by atoms with E-state index in [1.165, 1.54) is 4.90 Å². The number of rotatable bonds is 4. The molecule has 0 spiro atoms. The fourth-order valence-electron chi connectivity index (χ4n) is 4.52. The molecule has 3 aliphatic rings. The highest BCUT2D eigenvalue weighted by molar-refractivity contribution is 6.02. The maximum atomic E-state index is 13.8. The van der Waals surface area contributed by atoms with Crippen molar-refractivity contribution >= 4 is 17.6 Å². The number of likely N-dealkylation sites (tertiary alicyclic amines) is 1. The molecule has 1 fully saturated rings. The second-order valence-electron chi connectivity index (χ2n) is 8.48. The van der Waals surface area contributed by atoms with Crippen LogP contribution in [0.15, 0.2) is 47.7 Å². The molecule has 1 aromatic carbocycles. The van der Waals surface area contributed by atoms with E-state index in [9.17, 15) is 13.6 Å². The second-order valence-corrected chi connectivity index (χ2v) is 8.48. The number of nitrogens with zero attached hydrogens (tertiary/aromatic N) is 6. The Labute approximate surface area is 184 Å². The molecule has 2 aromatic rings. The van der Waals surface area contributed by atoms with Gasteiger partial charge < -0.3 is 4.90 Å². The molecule has 4 heterocycles. The summed E-state index contributed by atoms with van der Waals surface area (Å²) >= 11 is 0. The van der Waals surface area contributed by atoms with Gasteiger partial charge >= 0.3 is 6.03 Å². The van der Waals surface area contributed by atoms with Gasteiger partial charge in [-0.1, -0.05) is 6.92 Å². The highest BCUT2D eigenvalue weighted by Crippen LogP contribution is 2.32. The highest BCUT2D eigenvalue weighted by atomic mass is 19.2. The minimum absolute atomic E-state index is 0.0673. The van der Waals surface area contributed by atoms with E-state index in [1.54, 1.807) is 36.6 Å². The van der Waals surface area contributed by atoms with Crippen LogP contribution >= 0.6 is 0 Å². The summed E-state index contributed by atoms with van der Waals surface area (Å²) in [6, 6.07) is 2.02. The van der Waals surface area contributed by atoms with Crippen LogP contribution in [-0.4, -0.2) is 51.4 Å². The van der Waals surface area contributed by atoms with Gasteiger partial charge in [-0.05, 0) is 24.5 Å². The monoisotopic (exact) mass is 439 g/mol. The van der Waals surface area contributed by atoms with Crippen molar-refractivity contribution in [2.75, 3.05) is 24.7 Å². The normalized spacial score (nSPS) is 23.2. The largest absolute Gasteiger partial charge is 0.329 e. The predicted molar refractivity (Wildman–Crippen MR) is 114 cm³/mol. The van der Waals surface area contributed by atoms with E-state index in [4.69, 9.17) is 4.99 Å². The summed E-state index contributed by atoms with van der Waals surface area (Å²) in [6.45, 7) is 6.32. The summed E-state index contributed by atoms with van der Waals surface area (Å²) < 4.78 is 27.3. The molecule has 32 heavy (non-hydrogen) atoms. The van der Waals surface area contributed by atoms with Gasteiger partial charge in [0, 0.05) is 62.1 Å². The van der Waals surface area contributed by atoms with Crippen LogP contribution in [-0.2, 0) is 6.54 Å². The van der Waals surface area contributed by atoms with Crippen LogP contribution in [0.25, 0.3) is 0 Å². The molecular weight excluding hydrogens is 416 g/mol. The summed E-state index contributed by atoms with van der Waals surface area (Å²) in [5.41, 5.74) is 1.98. The molecule has 2 atom stereocenters. The number of amidine groups is 1. The Balaban J connectivity index is 1.36. The molecule has 0 bridgehead atoms. The summed E-state index contributed by atoms with van der Waals surface area (Å²) in [5.74, 6) is -0.329. The molecule has 2 unspecified atom stereocenters. The number of fused-ring (bicyclic) bond motifs is 1. The molecule has 1 N–H and O–H groups in total. The van der Waals surface area contributed by atoms with Crippen LogP contribution in [0.2, 0.25) is 0 Å². The van der Waals surface area contributed by atoms with Crippen molar-refractivity contribution in [3.8, 4) is 0 Å². The topological polar surface area (TPSA) is 77.0 Å². The third kappa shape index (κ3) is 3.70. The number of nitrogens with one attached hydrogen (secondary N) is 1. The number of aryl methyl sites for hydroxylation is 1. The minimum Gasteiger partial charge on any atom is -0.325 e. The van der Waals surface area contributed by atoms with Gasteiger partial charge in [-0.3, -0.25) is 25.1 Å². The number of urea groups is 1. The van der Waals surface area contributed by atoms with Crippen LogP contribution < -0.4 is 10.2 Å². The van der Waals surface area contributed by atoms with Crippen LogP contribution in [0.1, 0.15) is 18.2 Å². The Hall–Kier alpha value is -3.40. The van der Waals surface area contributed by atoms with Crippen molar-refractivity contribution in [2.24, 2.45) is 16.8 Å². The zero-order valence-electron chi connectivity index (χ0n) is 17.8. The summed E-state index contributed by atoms with van der Waals surface area (Å²) in [5, 5.41) is 2.93. The maximum Gasteiger partial charge on any atom is 0.329 e. The van der Waals surface area contributed by atoms with Gasteiger partial charge in [-0.25, -0.2) is 18.6 Å². The van der Waals surface area contributed by atoms with Crippen molar-refractivity contribution < 1.29 is 13.6 Å². The smallest absolute Gasteiger partial charge is 0.325 e. The van der Waals surface area contributed by atoms with Crippen LogP contribution in [0, 0.1) is 30.4 Å². The quantitative estimate of drug-likeness (QED) is 0.793. The fraction of sp³-hybridized carbons (Fsp3) is 0.364. The third-order valence-electron chi connectivity index (χ3n) is 6.15. The molecule has 8 nitrogen and oxygen atoms in total. The standard InChI is InChI=1S/C22H23F2N7O/c1-13-5-17(23)18(24)6-19(13)30-11-20-27-21(28-22(32)31(20)12-30)16-10-29(8-14(16)2)9-15-7-25-3-4-26-15/h3-7,11,14,16H,8-10,12H2,1-2H3,(H,27,28,32). The number of halogens is 2. The van der Waals surface area contributed by atoms with Gasteiger partial charge in [0.1, 0.15) is 12.5 Å². The molecule has 166 valence electrons. The van der Waals surface area contributed by atoms with Gasteiger partial charge in [-0.15, -0.1) is 0 Å². The molecule has 5 rings (SSSR count). The zero-order chi connectivity index (χ0) is 22.4. The summed E-state index contributed by atoms with van der Waals surface area (Å²) in [6.07, 6.45) is 6.79. The minimum atomic E-state index is -0.925. The Morgan fingerprint density at radius 2 is 2.00 bits per heavy atom. The lowest BCUT2D eigenvalue weighted by atomic mass is 9.96. The Bertz CT molecular complexity index is 1120. The van der Waals surface area contributed by atoms with E-state index < -0.39 is 11.6 Å². The fourth-order valence-corrected chi connectivity index (χ4v) is 4.52. The molecule has 0 aliphatic carbocycles. The molecule has 2 amide bonds. The number of anilines is 1. The van der Waals surface area contributed by atoms with Crippen molar-refractivity contribution in [2.45, 2.75) is 20.4 Å². The van der Waals surface area contributed by atoms with Gasteiger partial charge in [-0.2, -0.15) is 0 Å². The number of aromatic nitrogens is 2. The van der Waals surface area contributed by atoms with E-state index >= 15 is 0 Å². The maximum absolute atomic E-state index is 13.8. The van der Waals surface area contributed by atoms with E-state index in [1.807, 2.05) is 0 Å². The van der Waals surface area contributed by atoms with Gasteiger partial charge in [0.05, 0.1) is 5.69 Å². The second kappa shape index (κ2) is 7.94. The van der Waals surface area contributed by atoms with Crippen LogP contribution in [0.3, 0.4) is 0 Å². The van der Waals surface area contributed by atoms with Crippen molar-refractivity contribution in [3.05, 3.63) is 65.6 Å². The first-order chi connectivity index (χ1) is 15.4. The van der Waals surface area contributed by atoms with Crippen molar-refractivity contribution in [3.63, 3.8) is 0 Å². The summed E-state index contributed by atoms with van der Waals surface area (Å²) in [4.78, 5) is 31.5. The molecule has 1 saturated heterocycles. The van der Waals surface area contributed by atoms with Crippen molar-refractivity contribution in [1.82, 2.24) is 25.1 Å². The number of aliphatic imine (C=N–C) groups is 1. The Morgan fingerprint density at radius 3 is 2.78 bits per heavy atom. The molecular formula is C22H23F2N7O. The average molecular weight is 439 g/mol. The Kier molecular flexibility index (Phi) is 5.09. The van der Waals surface area contributed by atoms with E-state index in [0.717, 1.165) is 30.9 Å². The molecule has 0 radical (unpaired) electrons. The van der Waals surface area contributed by atoms with E-state index in [2.05, 4.69) is 27.1 Å². The first-order valence-corrected chi connectivity index (χ1v) is 10.5. The lowest BCUT2D eigenvalue weighted by Gasteiger charge is -2.28. The van der Waals surface area contributed by atoms with Crippen molar-refractivity contribution in [1.29, 1.82) is 0 Å². The van der Waals surface area contributed by atoms with Gasteiger partial charge in [0.2, 0.25) is 0 Å². The predicted octanol–water partition coefficient (Wildman–Crippen LogP) is 2.83. The molecule has 0 saturated carbocycles. The van der Waals surface area contributed by atoms with Crippen LogP contribution in [0.4, 0.5) is 19.3 Å². The Morgan fingerprint density at radius 1 is 1.19 bits per heavy atom. The lowest BCUT2D eigenvalue weighted by molar-refractivity contribution is 0.216. The number of carbonyl (C=O) groups excluding carboxylic acids is 1. The average Bonchev–Trinajstić information content (AvgIpc) is 3.35. The highest BCUT2D eigenvalue weighted by Gasteiger charge is 2.39. The van der Waals surface area contributed by atoms with Crippen LogP contribution in [0.5, 0.6) is 0 Å². The van der Waals surface area contributed by atoms with E-state index in [0.29, 0.717) is 35.4 Å². The first kappa shape index (κ1) is 20.5. The number of amides is 2. The number of hydrogen-bond donors (Lipinski definition) is 1. The van der Waals surface area contributed by atoms with E-state index in [-0.39, 0.29) is 18.6 Å². The van der Waals surface area contributed by atoms with Gasteiger partial charge in [0.15, 0.2) is 17.5 Å². The number of benzene rings is 1. The summed E-state index contributed by atoms with van der Waals surface area (Å²) in [7, 11) is 0. The first-order valence-electron chi connectivity index (χ1n) is 10.5. The SMILES string of the molecule is Cc1cc(F)c(F)cc1N1C=C2N=C(C3CN(Cc4cnccn4)CC3C)NC(=O)N2C1. The zero-order valence-corrected chi connectivity index (χ0v) is 17.8. The third-order valence-corrected chi connectivity index (χ3v) is 6.15. The number of carbonyl (C=O) groups is 1. The molecule has 10 heteroatoms. The van der Waals surface area contributed by atoms with Gasteiger partial charge in [0.25, 0.3) is 0 Å². The number of hydrogen-bond acceptors (Lipinski definition) is 6. The molecule has 3 aliphatic heterocycles. The molecule has 1 aromatic heterocycles.